The Balaban J connectivity index is 1.87. The number of hydrogen-bond donors (Lipinski definition) is 2. The third kappa shape index (κ3) is 3.95. The van der Waals surface area contributed by atoms with E-state index in [1.807, 2.05) is 31.2 Å². The fraction of sp³-hybridized carbons (Fsp3) is 0.562. The minimum absolute atomic E-state index is 0.00143. The molecule has 1 aliphatic rings. The normalized spacial score (nSPS) is 17.7. The molecule has 1 aromatic rings. The van der Waals surface area contributed by atoms with Crippen molar-refractivity contribution in [3.63, 3.8) is 0 Å². The van der Waals surface area contributed by atoms with Crippen LogP contribution in [0.15, 0.2) is 24.3 Å². The van der Waals surface area contributed by atoms with Crippen LogP contribution in [0.3, 0.4) is 0 Å². The summed E-state index contributed by atoms with van der Waals surface area (Å²) in [6.07, 6.45) is 3.17. The highest BCUT2D eigenvalue weighted by Crippen LogP contribution is 2.34. The second kappa shape index (κ2) is 6.91. The molecule has 1 atom stereocenters. The number of rotatable bonds is 6. The van der Waals surface area contributed by atoms with Crippen molar-refractivity contribution in [3.8, 4) is 0 Å². The third-order valence-electron chi connectivity index (χ3n) is 4.24. The van der Waals surface area contributed by atoms with Gasteiger partial charge in [-0.05, 0) is 43.9 Å². The van der Waals surface area contributed by atoms with Crippen molar-refractivity contribution in [2.24, 2.45) is 0 Å². The summed E-state index contributed by atoms with van der Waals surface area (Å²) in [5.41, 5.74) is 1.63. The summed E-state index contributed by atoms with van der Waals surface area (Å²) in [6.45, 7) is 2.52. The van der Waals surface area contributed by atoms with Crippen LogP contribution in [0.4, 0.5) is 10.5 Å². The first-order valence-electron chi connectivity index (χ1n) is 7.31. The lowest BCUT2D eigenvalue weighted by atomic mass is 9.80. The fourth-order valence-corrected chi connectivity index (χ4v) is 2.45. The number of urea groups is 1. The highest BCUT2D eigenvalue weighted by molar-refractivity contribution is 5.89. The molecule has 116 valence electrons. The Kier molecular flexibility index (Phi) is 5.20. The Hall–Kier alpha value is -1.59. The standard InChI is InChI=1S/C16H24N2O3/c1-12(20-2)13-6-4-7-14(10-13)18-15(19)17-11-16(21-3)8-5-9-16/h4,6-7,10,12H,5,8-9,11H2,1-3H3,(H2,17,18,19)/t12-/m1/s1. The molecule has 0 aromatic heterocycles. The molecule has 1 aliphatic carbocycles. The number of amides is 2. The van der Waals surface area contributed by atoms with Gasteiger partial charge < -0.3 is 20.1 Å². The quantitative estimate of drug-likeness (QED) is 0.847. The van der Waals surface area contributed by atoms with E-state index in [0.717, 1.165) is 30.5 Å². The average molecular weight is 292 g/mol. The second-order valence-electron chi connectivity index (χ2n) is 5.55. The molecule has 1 fully saturated rings. The number of methoxy groups -OCH3 is 2. The first kappa shape index (κ1) is 15.8. The molecule has 1 aromatic carbocycles. The molecular formula is C16H24N2O3. The van der Waals surface area contributed by atoms with Crippen LogP contribution in [-0.4, -0.2) is 32.4 Å². The van der Waals surface area contributed by atoms with Crippen LogP contribution in [-0.2, 0) is 9.47 Å². The van der Waals surface area contributed by atoms with Crippen LogP contribution in [0, 0.1) is 0 Å². The van der Waals surface area contributed by atoms with Gasteiger partial charge in [-0.15, -0.1) is 0 Å². The molecule has 2 amide bonds. The predicted octanol–water partition coefficient (Wildman–Crippen LogP) is 3.08. The number of hydrogen-bond acceptors (Lipinski definition) is 3. The van der Waals surface area contributed by atoms with Gasteiger partial charge in [0.1, 0.15) is 0 Å². The monoisotopic (exact) mass is 292 g/mol. The largest absolute Gasteiger partial charge is 0.377 e. The number of ether oxygens (including phenoxy) is 2. The summed E-state index contributed by atoms with van der Waals surface area (Å²) < 4.78 is 10.8. The molecule has 0 unspecified atom stereocenters. The zero-order valence-electron chi connectivity index (χ0n) is 12.9. The first-order valence-corrected chi connectivity index (χ1v) is 7.31. The summed E-state index contributed by atoms with van der Waals surface area (Å²) in [5, 5.41) is 5.73. The van der Waals surface area contributed by atoms with Gasteiger partial charge in [0.05, 0.1) is 11.7 Å². The maximum atomic E-state index is 12.0. The van der Waals surface area contributed by atoms with Gasteiger partial charge in [-0.2, -0.15) is 0 Å². The van der Waals surface area contributed by atoms with E-state index in [2.05, 4.69) is 10.6 Å². The van der Waals surface area contributed by atoms with Crippen LogP contribution in [0.1, 0.15) is 37.9 Å². The Morgan fingerprint density at radius 3 is 2.71 bits per heavy atom. The van der Waals surface area contributed by atoms with Crippen molar-refractivity contribution in [2.45, 2.75) is 37.9 Å². The van der Waals surface area contributed by atoms with Gasteiger partial charge in [0.15, 0.2) is 0 Å². The molecule has 0 spiro atoms. The summed E-state index contributed by atoms with van der Waals surface area (Å²) in [6, 6.07) is 7.46. The predicted molar refractivity (Wildman–Crippen MR) is 82.5 cm³/mol. The molecule has 0 heterocycles. The maximum absolute atomic E-state index is 12.0. The number of carbonyl (C=O) groups excluding carboxylic acids is 1. The number of carbonyl (C=O) groups is 1. The molecule has 1 saturated carbocycles. The fourth-order valence-electron chi connectivity index (χ4n) is 2.45. The molecule has 0 aliphatic heterocycles. The molecule has 5 nitrogen and oxygen atoms in total. The van der Waals surface area contributed by atoms with E-state index in [1.54, 1.807) is 14.2 Å². The average Bonchev–Trinajstić information content (AvgIpc) is 2.46. The Labute approximate surface area is 126 Å². The van der Waals surface area contributed by atoms with Crippen molar-refractivity contribution in [1.29, 1.82) is 0 Å². The second-order valence-corrected chi connectivity index (χ2v) is 5.55. The zero-order valence-corrected chi connectivity index (χ0v) is 12.9. The van der Waals surface area contributed by atoms with Gasteiger partial charge in [-0.3, -0.25) is 0 Å². The number of anilines is 1. The van der Waals surface area contributed by atoms with Crippen LogP contribution >= 0.6 is 0 Å². The Morgan fingerprint density at radius 2 is 2.14 bits per heavy atom. The third-order valence-corrected chi connectivity index (χ3v) is 4.24. The smallest absolute Gasteiger partial charge is 0.319 e. The van der Waals surface area contributed by atoms with E-state index < -0.39 is 0 Å². The van der Waals surface area contributed by atoms with Crippen LogP contribution < -0.4 is 10.6 Å². The van der Waals surface area contributed by atoms with E-state index in [4.69, 9.17) is 9.47 Å². The molecule has 2 rings (SSSR count). The van der Waals surface area contributed by atoms with Gasteiger partial charge in [-0.1, -0.05) is 12.1 Å². The van der Waals surface area contributed by atoms with Crippen LogP contribution in [0.25, 0.3) is 0 Å². The van der Waals surface area contributed by atoms with Crippen molar-refractivity contribution < 1.29 is 14.3 Å². The lowest BCUT2D eigenvalue weighted by Crippen LogP contribution is -2.50. The molecule has 21 heavy (non-hydrogen) atoms. The first-order chi connectivity index (χ1) is 10.1. The minimum Gasteiger partial charge on any atom is -0.377 e. The van der Waals surface area contributed by atoms with Gasteiger partial charge in [0.2, 0.25) is 0 Å². The van der Waals surface area contributed by atoms with Crippen molar-refractivity contribution in [2.75, 3.05) is 26.1 Å². The Bertz CT molecular complexity index is 481. The van der Waals surface area contributed by atoms with E-state index in [9.17, 15) is 4.79 Å². The molecular weight excluding hydrogens is 268 g/mol. The summed E-state index contributed by atoms with van der Waals surface area (Å²) >= 11 is 0. The molecule has 2 N–H and O–H groups in total. The maximum Gasteiger partial charge on any atom is 0.319 e. The summed E-state index contributed by atoms with van der Waals surface area (Å²) in [4.78, 5) is 12.0. The van der Waals surface area contributed by atoms with Crippen molar-refractivity contribution in [3.05, 3.63) is 29.8 Å². The lowest BCUT2D eigenvalue weighted by Gasteiger charge is -2.40. The molecule has 0 radical (unpaired) electrons. The molecule has 5 heteroatoms. The van der Waals surface area contributed by atoms with Gasteiger partial charge in [-0.25, -0.2) is 4.79 Å². The Morgan fingerprint density at radius 1 is 1.38 bits per heavy atom. The summed E-state index contributed by atoms with van der Waals surface area (Å²) in [5.74, 6) is 0. The SMILES string of the molecule is CO[C@H](C)c1cccc(NC(=O)NCC2(OC)CCC2)c1. The van der Waals surface area contributed by atoms with Crippen LogP contribution in [0.5, 0.6) is 0 Å². The number of nitrogens with one attached hydrogen (secondary N) is 2. The van der Waals surface area contributed by atoms with E-state index in [0.29, 0.717) is 6.54 Å². The molecule has 0 bridgehead atoms. The minimum atomic E-state index is -0.208. The lowest BCUT2D eigenvalue weighted by molar-refractivity contribution is -0.0671. The van der Waals surface area contributed by atoms with Crippen molar-refractivity contribution >= 4 is 11.7 Å². The van der Waals surface area contributed by atoms with Gasteiger partial charge in [0, 0.05) is 26.5 Å². The highest BCUT2D eigenvalue weighted by Gasteiger charge is 2.37. The van der Waals surface area contributed by atoms with Crippen LogP contribution in [0.2, 0.25) is 0 Å². The van der Waals surface area contributed by atoms with E-state index >= 15 is 0 Å². The highest BCUT2D eigenvalue weighted by atomic mass is 16.5. The van der Waals surface area contributed by atoms with E-state index in [-0.39, 0.29) is 17.7 Å². The van der Waals surface area contributed by atoms with Gasteiger partial charge >= 0.3 is 6.03 Å². The number of benzene rings is 1. The van der Waals surface area contributed by atoms with Gasteiger partial charge in [0.25, 0.3) is 0 Å². The zero-order chi connectivity index (χ0) is 15.3. The van der Waals surface area contributed by atoms with E-state index in [1.165, 1.54) is 0 Å². The van der Waals surface area contributed by atoms with Crippen molar-refractivity contribution in [1.82, 2.24) is 5.32 Å². The topological polar surface area (TPSA) is 59.6 Å². The summed E-state index contributed by atoms with van der Waals surface area (Å²) in [7, 11) is 3.37. The molecule has 0 saturated heterocycles.